The van der Waals surface area contributed by atoms with Crippen molar-refractivity contribution in [3.05, 3.63) is 0 Å². The highest BCUT2D eigenvalue weighted by atomic mass is 19.1. The Morgan fingerprint density at radius 3 is 2.41 bits per heavy atom. The van der Waals surface area contributed by atoms with Crippen molar-refractivity contribution in [2.45, 2.75) is 65.5 Å². The number of alkyl halides is 1. The van der Waals surface area contributed by atoms with Gasteiger partial charge in [0.1, 0.15) is 5.60 Å². The van der Waals surface area contributed by atoms with E-state index in [1.165, 1.54) is 0 Å². The van der Waals surface area contributed by atoms with Gasteiger partial charge in [-0.25, -0.2) is 4.79 Å². The largest absolute Gasteiger partial charge is 0.444 e. The van der Waals surface area contributed by atoms with Crippen molar-refractivity contribution in [2.24, 2.45) is 5.92 Å². The molecule has 0 radical (unpaired) electrons. The Balaban J connectivity index is 3.85. The summed E-state index contributed by atoms with van der Waals surface area (Å²) in [6.07, 6.45) is 1.92. The average Bonchev–Trinajstić information content (AvgIpc) is 2.10. The van der Waals surface area contributed by atoms with E-state index in [2.05, 4.69) is 12.2 Å². The summed E-state index contributed by atoms with van der Waals surface area (Å²) in [5.74, 6) is 0.413. The van der Waals surface area contributed by atoms with Crippen LogP contribution in [-0.2, 0) is 4.74 Å². The van der Waals surface area contributed by atoms with Crippen LogP contribution in [0.15, 0.2) is 0 Å². The van der Waals surface area contributed by atoms with Gasteiger partial charge in [0.25, 0.3) is 0 Å². The maximum Gasteiger partial charge on any atom is 0.407 e. The first-order chi connectivity index (χ1) is 7.74. The van der Waals surface area contributed by atoms with E-state index in [1.54, 1.807) is 0 Å². The molecule has 0 saturated heterocycles. The molecule has 1 amide bonds. The molecule has 0 bridgehead atoms. The molecule has 0 aliphatic heterocycles. The number of rotatable bonds is 6. The standard InChI is InChI=1S/C13H26FNO2/c1-10(7-6-8-14)9-11(2)15-12(16)17-13(3,4)5/h10-11H,6-9H2,1-5H3,(H,15,16). The van der Waals surface area contributed by atoms with Gasteiger partial charge < -0.3 is 10.1 Å². The van der Waals surface area contributed by atoms with Crippen molar-refractivity contribution in [2.75, 3.05) is 6.67 Å². The van der Waals surface area contributed by atoms with Gasteiger partial charge in [-0.15, -0.1) is 0 Å². The molecule has 0 aromatic rings. The van der Waals surface area contributed by atoms with Crippen LogP contribution in [0.2, 0.25) is 0 Å². The number of nitrogens with one attached hydrogen (secondary N) is 1. The van der Waals surface area contributed by atoms with E-state index < -0.39 is 5.60 Å². The molecule has 1 N–H and O–H groups in total. The zero-order valence-electron chi connectivity index (χ0n) is 11.7. The van der Waals surface area contributed by atoms with Crippen LogP contribution in [0.5, 0.6) is 0 Å². The molecule has 0 aromatic heterocycles. The van der Waals surface area contributed by atoms with Crippen LogP contribution in [0.25, 0.3) is 0 Å². The van der Waals surface area contributed by atoms with Gasteiger partial charge in [0.2, 0.25) is 0 Å². The predicted octanol–water partition coefficient (Wildman–Crippen LogP) is 3.68. The summed E-state index contributed by atoms with van der Waals surface area (Å²) in [6.45, 7) is 9.25. The van der Waals surface area contributed by atoms with Gasteiger partial charge in [-0.3, -0.25) is 4.39 Å². The summed E-state index contributed by atoms with van der Waals surface area (Å²) >= 11 is 0. The number of carbonyl (C=O) groups is 1. The fourth-order valence-electron chi connectivity index (χ4n) is 1.71. The number of hydrogen-bond donors (Lipinski definition) is 1. The molecule has 102 valence electrons. The molecule has 4 heteroatoms. The Labute approximate surface area is 104 Å². The molecule has 0 aliphatic carbocycles. The van der Waals surface area contributed by atoms with Crippen LogP contribution < -0.4 is 5.32 Å². The van der Waals surface area contributed by atoms with E-state index in [4.69, 9.17) is 4.74 Å². The Kier molecular flexibility index (Phi) is 7.16. The lowest BCUT2D eigenvalue weighted by Gasteiger charge is -2.23. The minimum Gasteiger partial charge on any atom is -0.444 e. The van der Waals surface area contributed by atoms with E-state index in [0.29, 0.717) is 12.3 Å². The van der Waals surface area contributed by atoms with Crippen LogP contribution in [0.4, 0.5) is 9.18 Å². The van der Waals surface area contributed by atoms with Gasteiger partial charge >= 0.3 is 6.09 Å². The Morgan fingerprint density at radius 2 is 1.94 bits per heavy atom. The van der Waals surface area contributed by atoms with Crippen molar-refractivity contribution in [1.29, 1.82) is 0 Å². The topological polar surface area (TPSA) is 38.3 Å². The first kappa shape index (κ1) is 16.2. The fourth-order valence-corrected chi connectivity index (χ4v) is 1.71. The molecule has 0 aromatic carbocycles. The molecule has 0 rings (SSSR count). The first-order valence-electron chi connectivity index (χ1n) is 6.30. The molecular weight excluding hydrogens is 221 g/mol. The molecule has 0 saturated carbocycles. The van der Waals surface area contributed by atoms with Crippen LogP contribution >= 0.6 is 0 Å². The highest BCUT2D eigenvalue weighted by molar-refractivity contribution is 5.67. The second kappa shape index (κ2) is 7.51. The van der Waals surface area contributed by atoms with Crippen LogP contribution in [0.1, 0.15) is 53.9 Å². The zero-order chi connectivity index (χ0) is 13.5. The number of ether oxygens (including phenoxy) is 1. The monoisotopic (exact) mass is 247 g/mol. The summed E-state index contributed by atoms with van der Waals surface area (Å²) in [5, 5.41) is 2.79. The predicted molar refractivity (Wildman–Crippen MR) is 67.8 cm³/mol. The van der Waals surface area contributed by atoms with Crippen molar-refractivity contribution >= 4 is 6.09 Å². The van der Waals surface area contributed by atoms with Gasteiger partial charge in [-0.2, -0.15) is 0 Å². The van der Waals surface area contributed by atoms with Gasteiger partial charge in [-0.1, -0.05) is 6.92 Å². The maximum absolute atomic E-state index is 12.0. The molecule has 2 unspecified atom stereocenters. The molecule has 3 nitrogen and oxygen atoms in total. The lowest BCUT2D eigenvalue weighted by atomic mass is 9.98. The Morgan fingerprint density at radius 1 is 1.35 bits per heavy atom. The minimum absolute atomic E-state index is 0.0551. The molecule has 2 atom stereocenters. The van der Waals surface area contributed by atoms with E-state index in [0.717, 1.165) is 12.8 Å². The molecule has 0 fully saturated rings. The number of carbonyl (C=O) groups excluding carboxylic acids is 1. The van der Waals surface area contributed by atoms with E-state index in [1.807, 2.05) is 27.7 Å². The summed E-state index contributed by atoms with van der Waals surface area (Å²) in [7, 11) is 0. The number of amides is 1. The lowest BCUT2D eigenvalue weighted by Crippen LogP contribution is -2.38. The minimum atomic E-state index is -0.469. The van der Waals surface area contributed by atoms with Gasteiger partial charge in [0.15, 0.2) is 0 Å². The quantitative estimate of drug-likeness (QED) is 0.777. The molecule has 17 heavy (non-hydrogen) atoms. The number of halogens is 1. The third kappa shape index (κ3) is 10.1. The van der Waals surface area contributed by atoms with Gasteiger partial charge in [-0.05, 0) is 52.9 Å². The third-order valence-electron chi connectivity index (χ3n) is 2.35. The van der Waals surface area contributed by atoms with Crippen molar-refractivity contribution in [3.8, 4) is 0 Å². The van der Waals surface area contributed by atoms with Crippen molar-refractivity contribution in [3.63, 3.8) is 0 Å². The van der Waals surface area contributed by atoms with Gasteiger partial charge in [0, 0.05) is 6.04 Å². The van der Waals surface area contributed by atoms with Crippen LogP contribution in [-0.4, -0.2) is 24.4 Å². The van der Waals surface area contributed by atoms with Crippen LogP contribution in [0.3, 0.4) is 0 Å². The fraction of sp³-hybridized carbons (Fsp3) is 0.923. The number of hydrogen-bond acceptors (Lipinski definition) is 2. The first-order valence-corrected chi connectivity index (χ1v) is 6.30. The van der Waals surface area contributed by atoms with Crippen molar-refractivity contribution in [1.82, 2.24) is 5.32 Å². The summed E-state index contributed by atoms with van der Waals surface area (Å²) in [5.41, 5.74) is -0.469. The van der Waals surface area contributed by atoms with E-state index >= 15 is 0 Å². The molecular formula is C13H26FNO2. The Bertz CT molecular complexity index is 226. The lowest BCUT2D eigenvalue weighted by molar-refractivity contribution is 0.0502. The second-order valence-electron chi connectivity index (χ2n) is 5.72. The van der Waals surface area contributed by atoms with E-state index in [9.17, 15) is 9.18 Å². The van der Waals surface area contributed by atoms with Gasteiger partial charge in [0.05, 0.1) is 6.67 Å². The average molecular weight is 247 g/mol. The van der Waals surface area contributed by atoms with Crippen molar-refractivity contribution < 1.29 is 13.9 Å². The zero-order valence-corrected chi connectivity index (χ0v) is 11.7. The smallest absolute Gasteiger partial charge is 0.407 e. The SMILES string of the molecule is CC(CCCF)CC(C)NC(=O)OC(C)(C)C. The van der Waals surface area contributed by atoms with Crippen LogP contribution in [0, 0.1) is 5.92 Å². The summed E-state index contributed by atoms with van der Waals surface area (Å²) in [4.78, 5) is 11.5. The highest BCUT2D eigenvalue weighted by Gasteiger charge is 2.18. The van der Waals surface area contributed by atoms with E-state index in [-0.39, 0.29) is 18.8 Å². The Hall–Kier alpha value is -0.800. The summed E-state index contributed by atoms with van der Waals surface area (Å²) in [6, 6.07) is 0.0551. The third-order valence-corrected chi connectivity index (χ3v) is 2.35. The highest BCUT2D eigenvalue weighted by Crippen LogP contribution is 2.13. The second-order valence-corrected chi connectivity index (χ2v) is 5.72. The number of alkyl carbamates (subject to hydrolysis) is 1. The normalized spacial score (nSPS) is 15.2. The summed E-state index contributed by atoms with van der Waals surface area (Å²) < 4.78 is 17.2. The molecule has 0 heterocycles. The molecule has 0 spiro atoms. The molecule has 0 aliphatic rings. The maximum atomic E-state index is 12.0.